The van der Waals surface area contributed by atoms with E-state index in [0.717, 1.165) is 13.1 Å². The van der Waals surface area contributed by atoms with E-state index in [-0.39, 0.29) is 23.8 Å². The Morgan fingerprint density at radius 2 is 1.83 bits per heavy atom. The Kier molecular flexibility index (Phi) is 7.39. The molecular weight excluding hydrogens is 389 g/mol. The Labute approximate surface area is 175 Å². The van der Waals surface area contributed by atoms with Crippen LogP contribution >= 0.6 is 11.3 Å². The van der Waals surface area contributed by atoms with Gasteiger partial charge in [-0.25, -0.2) is 4.39 Å². The number of carbonyl (C=O) groups is 2. The van der Waals surface area contributed by atoms with Crippen molar-refractivity contribution in [1.29, 1.82) is 0 Å². The van der Waals surface area contributed by atoms with Crippen molar-refractivity contribution in [3.8, 4) is 0 Å². The van der Waals surface area contributed by atoms with Gasteiger partial charge in [-0.2, -0.15) is 0 Å². The second-order valence-corrected chi connectivity index (χ2v) is 8.70. The van der Waals surface area contributed by atoms with E-state index in [0.29, 0.717) is 12.1 Å². The fraction of sp³-hybridized carbons (Fsp3) is 0.455. The van der Waals surface area contributed by atoms with Gasteiger partial charge in [-0.05, 0) is 67.6 Å². The van der Waals surface area contributed by atoms with Gasteiger partial charge in [0, 0.05) is 17.0 Å². The molecule has 1 aromatic heterocycles. The molecule has 0 radical (unpaired) electrons. The number of hydrogen-bond donors (Lipinski definition) is 2. The molecule has 2 amide bonds. The van der Waals surface area contributed by atoms with Crippen LogP contribution in [0.25, 0.3) is 0 Å². The van der Waals surface area contributed by atoms with Gasteiger partial charge in [0.05, 0.1) is 6.04 Å². The second kappa shape index (κ2) is 9.98. The highest BCUT2D eigenvalue weighted by molar-refractivity contribution is 7.10. The molecule has 0 saturated carbocycles. The summed E-state index contributed by atoms with van der Waals surface area (Å²) in [7, 11) is 0. The van der Waals surface area contributed by atoms with E-state index in [9.17, 15) is 14.0 Å². The molecule has 0 aliphatic carbocycles. The zero-order valence-electron chi connectivity index (χ0n) is 16.9. The lowest BCUT2D eigenvalue weighted by Gasteiger charge is -2.28. The van der Waals surface area contributed by atoms with Gasteiger partial charge in [-0.3, -0.25) is 14.5 Å². The van der Waals surface area contributed by atoms with Gasteiger partial charge in [0.1, 0.15) is 11.9 Å². The van der Waals surface area contributed by atoms with E-state index >= 15 is 0 Å². The van der Waals surface area contributed by atoms with Gasteiger partial charge in [-0.15, -0.1) is 11.3 Å². The monoisotopic (exact) mass is 417 g/mol. The molecular formula is C22H28FN3O2S. The highest BCUT2D eigenvalue weighted by Gasteiger charge is 2.28. The van der Waals surface area contributed by atoms with Crippen LogP contribution in [0.2, 0.25) is 0 Å². The van der Waals surface area contributed by atoms with Crippen LogP contribution in [-0.4, -0.2) is 42.4 Å². The third-order valence-corrected chi connectivity index (χ3v) is 6.24. The largest absolute Gasteiger partial charge is 0.352 e. The Balaban J connectivity index is 1.63. The average Bonchev–Trinajstić information content (AvgIpc) is 3.41. The first-order chi connectivity index (χ1) is 14.0. The summed E-state index contributed by atoms with van der Waals surface area (Å²) in [4.78, 5) is 29.0. The predicted octanol–water partition coefficient (Wildman–Crippen LogP) is 3.59. The zero-order valence-corrected chi connectivity index (χ0v) is 17.7. The van der Waals surface area contributed by atoms with Gasteiger partial charge >= 0.3 is 0 Å². The summed E-state index contributed by atoms with van der Waals surface area (Å²) in [5, 5.41) is 7.90. The summed E-state index contributed by atoms with van der Waals surface area (Å²) in [6.45, 7) is 6.37. The molecule has 2 unspecified atom stereocenters. The molecule has 7 heteroatoms. The highest BCUT2D eigenvalue weighted by atomic mass is 32.1. The summed E-state index contributed by atoms with van der Waals surface area (Å²) < 4.78 is 13.1. The Bertz CT molecular complexity index is 802. The molecule has 1 aliphatic heterocycles. The minimum absolute atomic E-state index is 0.0774. The summed E-state index contributed by atoms with van der Waals surface area (Å²) in [6, 6.07) is 8.94. The molecule has 1 aromatic carbocycles. The Hall–Kier alpha value is -2.25. The molecule has 5 nitrogen and oxygen atoms in total. The van der Waals surface area contributed by atoms with Crippen LogP contribution in [0.5, 0.6) is 0 Å². The molecule has 2 N–H and O–H groups in total. The Morgan fingerprint density at radius 1 is 1.14 bits per heavy atom. The number of carbonyl (C=O) groups excluding carboxylic acids is 2. The maximum Gasteiger partial charge on any atom is 0.251 e. The molecule has 0 spiro atoms. The fourth-order valence-electron chi connectivity index (χ4n) is 3.61. The first kappa shape index (κ1) is 21.5. The third kappa shape index (κ3) is 5.64. The molecule has 1 saturated heterocycles. The Morgan fingerprint density at radius 3 is 2.41 bits per heavy atom. The number of amides is 2. The van der Waals surface area contributed by atoms with Gasteiger partial charge in [0.2, 0.25) is 5.91 Å². The molecule has 1 aliphatic rings. The summed E-state index contributed by atoms with van der Waals surface area (Å²) in [5.74, 6) is -1.06. The standard InChI is InChI=1S/C22H28FN3O2S/c1-15(2)20(25-21(27)16-7-9-17(23)10-8-16)22(28)24-14-18(19-6-5-13-29-19)26-11-3-4-12-26/h5-10,13,15,18,20H,3-4,11-12,14H2,1-2H3,(H,24,28)(H,25,27). The van der Waals surface area contributed by atoms with E-state index in [1.165, 1.54) is 42.0 Å². The van der Waals surface area contributed by atoms with E-state index in [1.54, 1.807) is 11.3 Å². The molecule has 1 fully saturated rings. The van der Waals surface area contributed by atoms with Crippen LogP contribution in [0.1, 0.15) is 48.0 Å². The van der Waals surface area contributed by atoms with Crippen LogP contribution in [0.3, 0.4) is 0 Å². The van der Waals surface area contributed by atoms with Gasteiger partial charge in [0.25, 0.3) is 5.91 Å². The number of rotatable bonds is 8. The zero-order chi connectivity index (χ0) is 20.8. The van der Waals surface area contributed by atoms with Crippen LogP contribution < -0.4 is 10.6 Å². The number of likely N-dealkylation sites (tertiary alicyclic amines) is 1. The van der Waals surface area contributed by atoms with Crippen LogP contribution in [0.4, 0.5) is 4.39 Å². The summed E-state index contributed by atoms with van der Waals surface area (Å²) in [6.07, 6.45) is 2.36. The van der Waals surface area contributed by atoms with E-state index < -0.39 is 11.9 Å². The molecule has 2 aromatic rings. The second-order valence-electron chi connectivity index (χ2n) is 7.72. The first-order valence-electron chi connectivity index (χ1n) is 10.1. The molecule has 0 bridgehead atoms. The van der Waals surface area contributed by atoms with Crippen molar-refractivity contribution in [1.82, 2.24) is 15.5 Å². The number of hydrogen-bond acceptors (Lipinski definition) is 4. The van der Waals surface area contributed by atoms with Crippen molar-refractivity contribution < 1.29 is 14.0 Å². The van der Waals surface area contributed by atoms with Crippen LogP contribution in [0.15, 0.2) is 41.8 Å². The fourth-order valence-corrected chi connectivity index (χ4v) is 4.47. The van der Waals surface area contributed by atoms with Gasteiger partial charge in [0.15, 0.2) is 0 Å². The average molecular weight is 418 g/mol. The van der Waals surface area contributed by atoms with Crippen molar-refractivity contribution >= 4 is 23.2 Å². The quantitative estimate of drug-likeness (QED) is 0.690. The number of benzene rings is 1. The summed E-state index contributed by atoms with van der Waals surface area (Å²) in [5.41, 5.74) is 0.332. The first-order valence-corrected chi connectivity index (χ1v) is 10.9. The number of halogens is 1. The van der Waals surface area contributed by atoms with Crippen LogP contribution in [-0.2, 0) is 4.79 Å². The van der Waals surface area contributed by atoms with Crippen molar-refractivity contribution in [3.63, 3.8) is 0 Å². The smallest absolute Gasteiger partial charge is 0.251 e. The minimum Gasteiger partial charge on any atom is -0.352 e. The van der Waals surface area contributed by atoms with Crippen molar-refractivity contribution in [3.05, 3.63) is 58.0 Å². The number of nitrogens with zero attached hydrogens (tertiary/aromatic N) is 1. The predicted molar refractivity (Wildman–Crippen MR) is 113 cm³/mol. The van der Waals surface area contributed by atoms with Gasteiger partial charge in [-0.1, -0.05) is 19.9 Å². The lowest BCUT2D eigenvalue weighted by Crippen LogP contribution is -2.51. The normalized spacial score (nSPS) is 16.6. The van der Waals surface area contributed by atoms with Gasteiger partial charge < -0.3 is 10.6 Å². The minimum atomic E-state index is -0.657. The van der Waals surface area contributed by atoms with Crippen molar-refractivity contribution in [2.45, 2.75) is 38.8 Å². The van der Waals surface area contributed by atoms with E-state index in [1.807, 2.05) is 19.9 Å². The highest BCUT2D eigenvalue weighted by Crippen LogP contribution is 2.27. The number of thiophene rings is 1. The molecule has 3 rings (SSSR count). The van der Waals surface area contributed by atoms with E-state index in [4.69, 9.17) is 0 Å². The van der Waals surface area contributed by atoms with E-state index in [2.05, 4.69) is 27.0 Å². The molecule has 2 heterocycles. The molecule has 156 valence electrons. The SMILES string of the molecule is CC(C)C(NC(=O)c1ccc(F)cc1)C(=O)NCC(c1cccs1)N1CCCC1. The number of nitrogens with one attached hydrogen (secondary N) is 2. The maximum absolute atomic E-state index is 13.1. The lowest BCUT2D eigenvalue weighted by atomic mass is 10.0. The maximum atomic E-state index is 13.1. The third-order valence-electron chi connectivity index (χ3n) is 5.26. The summed E-state index contributed by atoms with van der Waals surface area (Å²) >= 11 is 1.70. The molecule has 2 atom stereocenters. The van der Waals surface area contributed by atoms with Crippen molar-refractivity contribution in [2.75, 3.05) is 19.6 Å². The lowest BCUT2D eigenvalue weighted by molar-refractivity contribution is -0.124. The topological polar surface area (TPSA) is 61.4 Å². The molecule has 29 heavy (non-hydrogen) atoms. The van der Waals surface area contributed by atoms with Crippen molar-refractivity contribution in [2.24, 2.45) is 5.92 Å². The van der Waals surface area contributed by atoms with Crippen LogP contribution in [0, 0.1) is 11.7 Å².